The van der Waals surface area contributed by atoms with Crippen LogP contribution in [0.4, 0.5) is 0 Å². The first-order valence-electron chi connectivity index (χ1n) is 7.45. The molecule has 0 aromatic carbocycles. The Labute approximate surface area is 130 Å². The first-order valence-corrected chi connectivity index (χ1v) is 8.27. The van der Waals surface area contributed by atoms with Gasteiger partial charge in [0.25, 0.3) is 5.91 Å². The Kier molecular flexibility index (Phi) is 6.89. The molecule has 5 heteroatoms. The van der Waals surface area contributed by atoms with Crippen molar-refractivity contribution in [1.29, 1.82) is 0 Å². The highest BCUT2D eigenvalue weighted by atomic mass is 32.1. The second-order valence-electron chi connectivity index (χ2n) is 5.82. The molecule has 0 saturated carbocycles. The standard InChI is InChI=1S/C16H25NO3S/c1-5-6-12-8-14(21-11(12)4)15(18)17-9-13(16(19)20)7-10(2)3/h8,10,13H,5-7,9H2,1-4H3,(H,17,18)(H,19,20). The average molecular weight is 311 g/mol. The maximum atomic E-state index is 12.1. The fraction of sp³-hybridized carbons (Fsp3) is 0.625. The van der Waals surface area contributed by atoms with Crippen molar-refractivity contribution in [2.75, 3.05) is 6.54 Å². The van der Waals surface area contributed by atoms with Crippen LogP contribution in [0.2, 0.25) is 0 Å². The Balaban J connectivity index is 2.63. The maximum Gasteiger partial charge on any atom is 0.308 e. The molecular weight excluding hydrogens is 286 g/mol. The third-order valence-electron chi connectivity index (χ3n) is 3.38. The second kappa shape index (κ2) is 8.17. The zero-order valence-electron chi connectivity index (χ0n) is 13.2. The Bertz CT molecular complexity index is 494. The normalized spacial score (nSPS) is 12.4. The summed E-state index contributed by atoms with van der Waals surface area (Å²) in [6.45, 7) is 8.28. The highest BCUT2D eigenvalue weighted by Gasteiger charge is 2.20. The summed E-state index contributed by atoms with van der Waals surface area (Å²) < 4.78 is 0. The molecule has 4 nitrogen and oxygen atoms in total. The number of carbonyl (C=O) groups is 2. The largest absolute Gasteiger partial charge is 0.481 e. The van der Waals surface area contributed by atoms with E-state index in [-0.39, 0.29) is 12.5 Å². The lowest BCUT2D eigenvalue weighted by Gasteiger charge is -2.15. The van der Waals surface area contributed by atoms with E-state index in [1.807, 2.05) is 26.8 Å². The van der Waals surface area contributed by atoms with Crippen LogP contribution >= 0.6 is 11.3 Å². The van der Waals surface area contributed by atoms with Gasteiger partial charge in [0.05, 0.1) is 10.8 Å². The van der Waals surface area contributed by atoms with E-state index >= 15 is 0 Å². The van der Waals surface area contributed by atoms with E-state index in [0.717, 1.165) is 12.8 Å². The zero-order valence-corrected chi connectivity index (χ0v) is 14.0. The van der Waals surface area contributed by atoms with Crippen molar-refractivity contribution in [1.82, 2.24) is 5.32 Å². The number of carbonyl (C=O) groups excluding carboxylic acids is 1. The molecule has 0 aliphatic carbocycles. The number of carboxylic acid groups (broad SMARTS) is 1. The molecule has 118 valence electrons. The second-order valence-corrected chi connectivity index (χ2v) is 7.07. The molecule has 1 unspecified atom stereocenters. The van der Waals surface area contributed by atoms with Crippen molar-refractivity contribution in [3.05, 3.63) is 21.4 Å². The maximum absolute atomic E-state index is 12.1. The van der Waals surface area contributed by atoms with Gasteiger partial charge in [-0.25, -0.2) is 0 Å². The molecule has 1 atom stereocenters. The molecule has 2 N–H and O–H groups in total. The molecular formula is C16H25NO3S. The number of thiophene rings is 1. The quantitative estimate of drug-likeness (QED) is 0.772. The van der Waals surface area contributed by atoms with E-state index < -0.39 is 11.9 Å². The monoisotopic (exact) mass is 311 g/mol. The van der Waals surface area contributed by atoms with Crippen LogP contribution in [0.15, 0.2) is 6.07 Å². The molecule has 0 saturated heterocycles. The Morgan fingerprint density at radius 1 is 1.38 bits per heavy atom. The smallest absolute Gasteiger partial charge is 0.308 e. The van der Waals surface area contributed by atoms with Crippen LogP contribution in [0.5, 0.6) is 0 Å². The Morgan fingerprint density at radius 2 is 2.05 bits per heavy atom. The van der Waals surface area contributed by atoms with Crippen LogP contribution in [0.1, 0.15) is 53.7 Å². The number of aliphatic carboxylic acids is 1. The summed E-state index contributed by atoms with van der Waals surface area (Å²) >= 11 is 1.48. The molecule has 0 bridgehead atoms. The molecule has 0 aliphatic heterocycles. The SMILES string of the molecule is CCCc1cc(C(=O)NCC(CC(C)C)C(=O)O)sc1C. The molecule has 21 heavy (non-hydrogen) atoms. The van der Waals surface area contributed by atoms with Crippen molar-refractivity contribution in [3.8, 4) is 0 Å². The van der Waals surface area contributed by atoms with Crippen molar-refractivity contribution < 1.29 is 14.7 Å². The highest BCUT2D eigenvalue weighted by Crippen LogP contribution is 2.23. The summed E-state index contributed by atoms with van der Waals surface area (Å²) in [6, 6.07) is 1.93. The van der Waals surface area contributed by atoms with Crippen LogP contribution in [0.3, 0.4) is 0 Å². The number of aryl methyl sites for hydroxylation is 2. The summed E-state index contributed by atoms with van der Waals surface area (Å²) in [6.07, 6.45) is 2.59. The van der Waals surface area contributed by atoms with Gasteiger partial charge in [0.2, 0.25) is 0 Å². The van der Waals surface area contributed by atoms with E-state index in [1.54, 1.807) is 0 Å². The predicted molar refractivity (Wildman–Crippen MR) is 86.0 cm³/mol. The summed E-state index contributed by atoms with van der Waals surface area (Å²) in [7, 11) is 0. The fourth-order valence-electron chi connectivity index (χ4n) is 2.29. The van der Waals surface area contributed by atoms with Gasteiger partial charge in [-0.2, -0.15) is 0 Å². The van der Waals surface area contributed by atoms with Gasteiger partial charge in [-0.05, 0) is 37.3 Å². The lowest BCUT2D eigenvalue weighted by Crippen LogP contribution is -2.33. The van der Waals surface area contributed by atoms with Gasteiger partial charge in [0.1, 0.15) is 0 Å². The third kappa shape index (κ3) is 5.50. The van der Waals surface area contributed by atoms with Gasteiger partial charge < -0.3 is 10.4 Å². The number of hydrogen-bond donors (Lipinski definition) is 2. The van der Waals surface area contributed by atoms with Crippen molar-refractivity contribution >= 4 is 23.2 Å². The number of rotatable bonds is 8. The molecule has 0 fully saturated rings. The predicted octanol–water partition coefficient (Wildman–Crippen LogP) is 3.49. The molecule has 0 aliphatic rings. The first kappa shape index (κ1) is 17.7. The molecule has 1 aromatic heterocycles. The van der Waals surface area contributed by atoms with Crippen LogP contribution in [0, 0.1) is 18.8 Å². The molecule has 1 heterocycles. The minimum absolute atomic E-state index is 0.166. The van der Waals surface area contributed by atoms with E-state index in [0.29, 0.717) is 17.2 Å². The van der Waals surface area contributed by atoms with E-state index in [2.05, 4.69) is 12.2 Å². The minimum atomic E-state index is -0.849. The number of nitrogens with one attached hydrogen (secondary N) is 1. The van der Waals surface area contributed by atoms with Crippen LogP contribution in [-0.2, 0) is 11.2 Å². The Morgan fingerprint density at radius 3 is 2.57 bits per heavy atom. The molecule has 0 spiro atoms. The molecule has 0 radical (unpaired) electrons. The van der Waals surface area contributed by atoms with Gasteiger partial charge in [0.15, 0.2) is 0 Å². The van der Waals surface area contributed by atoms with Gasteiger partial charge in [-0.3, -0.25) is 9.59 Å². The van der Waals surface area contributed by atoms with Crippen molar-refractivity contribution in [2.24, 2.45) is 11.8 Å². The van der Waals surface area contributed by atoms with Crippen molar-refractivity contribution in [2.45, 2.75) is 47.0 Å². The van der Waals surface area contributed by atoms with Gasteiger partial charge in [0, 0.05) is 11.4 Å². The average Bonchev–Trinajstić information content (AvgIpc) is 2.75. The van der Waals surface area contributed by atoms with Crippen molar-refractivity contribution in [3.63, 3.8) is 0 Å². The summed E-state index contributed by atoms with van der Waals surface area (Å²) in [5, 5.41) is 11.9. The van der Waals surface area contributed by atoms with Crippen LogP contribution in [0.25, 0.3) is 0 Å². The lowest BCUT2D eigenvalue weighted by molar-refractivity contribution is -0.142. The summed E-state index contributed by atoms with van der Waals surface area (Å²) in [5.74, 6) is -1.24. The summed E-state index contributed by atoms with van der Waals surface area (Å²) in [5.41, 5.74) is 1.21. The molecule has 1 rings (SSSR count). The molecule has 1 aromatic rings. The van der Waals surface area contributed by atoms with E-state index in [1.165, 1.54) is 21.8 Å². The first-order chi connectivity index (χ1) is 9.85. The lowest BCUT2D eigenvalue weighted by atomic mass is 9.97. The van der Waals surface area contributed by atoms with Gasteiger partial charge >= 0.3 is 5.97 Å². The van der Waals surface area contributed by atoms with Gasteiger partial charge in [-0.15, -0.1) is 11.3 Å². The Hall–Kier alpha value is -1.36. The number of amides is 1. The fourth-order valence-corrected chi connectivity index (χ4v) is 3.28. The third-order valence-corrected chi connectivity index (χ3v) is 4.47. The van der Waals surface area contributed by atoms with E-state index in [4.69, 9.17) is 0 Å². The number of hydrogen-bond acceptors (Lipinski definition) is 3. The topological polar surface area (TPSA) is 66.4 Å². The number of carboxylic acids is 1. The molecule has 1 amide bonds. The van der Waals surface area contributed by atoms with E-state index in [9.17, 15) is 14.7 Å². The minimum Gasteiger partial charge on any atom is -0.481 e. The summed E-state index contributed by atoms with van der Waals surface area (Å²) in [4.78, 5) is 25.1. The van der Waals surface area contributed by atoms with Crippen LogP contribution in [-0.4, -0.2) is 23.5 Å². The van der Waals surface area contributed by atoms with Crippen LogP contribution < -0.4 is 5.32 Å². The highest BCUT2D eigenvalue weighted by molar-refractivity contribution is 7.14. The van der Waals surface area contributed by atoms with Gasteiger partial charge in [-0.1, -0.05) is 27.2 Å². The zero-order chi connectivity index (χ0) is 16.0.